The normalized spacial score (nSPS) is 24.8. The molecule has 0 saturated carbocycles. The van der Waals surface area contributed by atoms with E-state index in [0.717, 1.165) is 44.2 Å². The maximum atomic E-state index is 12.4. The molecule has 1 spiro atoms. The molecule has 2 saturated heterocycles. The van der Waals surface area contributed by atoms with Gasteiger partial charge in [-0.05, 0) is 31.2 Å². The molecule has 1 atom stereocenters. The Bertz CT molecular complexity index is 560. The summed E-state index contributed by atoms with van der Waals surface area (Å²) in [6.07, 6.45) is 8.12. The molecule has 0 aliphatic carbocycles. The number of hydrogen-bond donors (Lipinski definition) is 1. The minimum absolute atomic E-state index is 0.197. The molecule has 2 amide bonds. The zero-order chi connectivity index (χ0) is 16.3. The smallest absolute Gasteiger partial charge is 0.410 e. The third-order valence-electron chi connectivity index (χ3n) is 4.80. The highest BCUT2D eigenvalue weighted by atomic mass is 16.6. The van der Waals surface area contributed by atoms with E-state index < -0.39 is 5.60 Å². The van der Waals surface area contributed by atoms with Crippen LogP contribution in [-0.2, 0) is 16.0 Å². The van der Waals surface area contributed by atoms with Crippen LogP contribution in [0.3, 0.4) is 0 Å². The van der Waals surface area contributed by atoms with Crippen molar-refractivity contribution in [1.29, 1.82) is 0 Å². The lowest BCUT2D eigenvalue weighted by Crippen LogP contribution is -2.36. The summed E-state index contributed by atoms with van der Waals surface area (Å²) >= 11 is 0. The molecule has 0 unspecified atom stereocenters. The number of H-pyrrole nitrogens is 1. The summed E-state index contributed by atoms with van der Waals surface area (Å²) in [6, 6.07) is 0. The van der Waals surface area contributed by atoms with Crippen molar-refractivity contribution < 1.29 is 14.3 Å². The van der Waals surface area contributed by atoms with Gasteiger partial charge in [0.25, 0.3) is 0 Å². The average Bonchev–Trinajstić information content (AvgIpc) is 3.06. The van der Waals surface area contributed by atoms with Gasteiger partial charge in [0.05, 0.1) is 12.7 Å². The quantitative estimate of drug-likeness (QED) is 0.913. The standard InChI is InChI=1S/C16H24N4O3/c1-19-12-16(23-15(19)22)6-3-8-20(9-7-16)14(21)5-2-4-13-10-17-18-11-13/h10-11H,2-9,12H2,1H3,(H,17,18)/t16-/m1/s1. The van der Waals surface area contributed by atoms with Crippen LogP contribution in [0, 0.1) is 0 Å². The molecule has 2 fully saturated rings. The first-order valence-corrected chi connectivity index (χ1v) is 8.28. The Morgan fingerprint density at radius 3 is 3.00 bits per heavy atom. The van der Waals surface area contributed by atoms with Crippen LogP contribution in [0.2, 0.25) is 0 Å². The second-order valence-electron chi connectivity index (χ2n) is 6.60. The number of likely N-dealkylation sites (N-methyl/N-ethyl adjacent to an activating group) is 1. The maximum Gasteiger partial charge on any atom is 0.410 e. The summed E-state index contributed by atoms with van der Waals surface area (Å²) in [7, 11) is 1.76. The maximum absolute atomic E-state index is 12.4. The molecule has 1 aromatic rings. The largest absolute Gasteiger partial charge is 0.441 e. The van der Waals surface area contributed by atoms with E-state index >= 15 is 0 Å². The molecule has 2 aliphatic rings. The van der Waals surface area contributed by atoms with Gasteiger partial charge in [-0.3, -0.25) is 9.89 Å². The molecule has 23 heavy (non-hydrogen) atoms. The van der Waals surface area contributed by atoms with Crippen molar-refractivity contribution >= 4 is 12.0 Å². The molecular formula is C16H24N4O3. The van der Waals surface area contributed by atoms with Crippen LogP contribution in [0.1, 0.15) is 37.7 Å². The van der Waals surface area contributed by atoms with Gasteiger partial charge in [0.2, 0.25) is 5.91 Å². The predicted octanol–water partition coefficient (Wildman–Crippen LogP) is 1.57. The highest BCUT2D eigenvalue weighted by Gasteiger charge is 2.44. The lowest BCUT2D eigenvalue weighted by atomic mass is 9.95. The van der Waals surface area contributed by atoms with Gasteiger partial charge in [-0.15, -0.1) is 0 Å². The number of rotatable bonds is 4. The fourth-order valence-corrected chi connectivity index (χ4v) is 3.49. The first-order valence-electron chi connectivity index (χ1n) is 8.28. The lowest BCUT2D eigenvalue weighted by molar-refractivity contribution is -0.131. The average molecular weight is 320 g/mol. The van der Waals surface area contributed by atoms with E-state index in [1.807, 2.05) is 11.1 Å². The third kappa shape index (κ3) is 3.65. The summed E-state index contributed by atoms with van der Waals surface area (Å²) in [5, 5.41) is 6.69. The van der Waals surface area contributed by atoms with E-state index in [4.69, 9.17) is 4.74 Å². The molecular weight excluding hydrogens is 296 g/mol. The number of nitrogens with one attached hydrogen (secondary N) is 1. The summed E-state index contributed by atoms with van der Waals surface area (Å²) < 4.78 is 5.58. The van der Waals surface area contributed by atoms with Crippen molar-refractivity contribution in [2.45, 2.75) is 44.1 Å². The van der Waals surface area contributed by atoms with Gasteiger partial charge in [0.1, 0.15) is 5.60 Å². The minimum atomic E-state index is -0.391. The van der Waals surface area contributed by atoms with E-state index in [2.05, 4.69) is 10.2 Å². The number of likely N-dealkylation sites (tertiary alicyclic amines) is 1. The van der Waals surface area contributed by atoms with Gasteiger partial charge >= 0.3 is 6.09 Å². The number of aromatic nitrogens is 2. The number of nitrogens with zero attached hydrogens (tertiary/aromatic N) is 3. The van der Waals surface area contributed by atoms with Crippen molar-refractivity contribution in [2.75, 3.05) is 26.7 Å². The second kappa shape index (κ2) is 6.60. The van der Waals surface area contributed by atoms with Gasteiger partial charge < -0.3 is 14.5 Å². The highest BCUT2D eigenvalue weighted by molar-refractivity contribution is 5.76. The summed E-state index contributed by atoms with van der Waals surface area (Å²) in [5.74, 6) is 0.197. The van der Waals surface area contributed by atoms with E-state index in [1.54, 1.807) is 18.1 Å². The SMILES string of the molecule is CN1C[C@]2(CCCN(C(=O)CCCc3cn[nH]c3)CC2)OC1=O. The number of carbonyl (C=O) groups excluding carboxylic acids is 2. The Kier molecular flexibility index (Phi) is 4.54. The molecule has 7 nitrogen and oxygen atoms in total. The van der Waals surface area contributed by atoms with Gasteiger partial charge in [0.15, 0.2) is 0 Å². The van der Waals surface area contributed by atoms with Crippen LogP contribution in [0.4, 0.5) is 4.79 Å². The van der Waals surface area contributed by atoms with Gasteiger partial charge in [0, 0.05) is 39.2 Å². The van der Waals surface area contributed by atoms with Gasteiger partial charge in [-0.2, -0.15) is 5.10 Å². The van der Waals surface area contributed by atoms with Crippen LogP contribution in [0.5, 0.6) is 0 Å². The highest BCUT2D eigenvalue weighted by Crippen LogP contribution is 2.32. The monoisotopic (exact) mass is 320 g/mol. The Morgan fingerprint density at radius 2 is 2.30 bits per heavy atom. The number of hydrogen-bond acceptors (Lipinski definition) is 4. The van der Waals surface area contributed by atoms with Crippen LogP contribution in [-0.4, -0.2) is 64.3 Å². The van der Waals surface area contributed by atoms with Crippen LogP contribution >= 0.6 is 0 Å². The van der Waals surface area contributed by atoms with E-state index in [1.165, 1.54) is 0 Å². The Labute approximate surface area is 136 Å². The molecule has 7 heteroatoms. The van der Waals surface area contributed by atoms with Crippen molar-refractivity contribution in [3.05, 3.63) is 18.0 Å². The Hall–Kier alpha value is -2.05. The summed E-state index contributed by atoms with van der Waals surface area (Å²) in [5.41, 5.74) is 0.742. The zero-order valence-corrected chi connectivity index (χ0v) is 13.6. The van der Waals surface area contributed by atoms with Crippen LogP contribution in [0.25, 0.3) is 0 Å². The first-order chi connectivity index (χ1) is 11.1. The van der Waals surface area contributed by atoms with Crippen LogP contribution in [0.15, 0.2) is 12.4 Å². The van der Waals surface area contributed by atoms with Crippen molar-refractivity contribution in [1.82, 2.24) is 20.0 Å². The van der Waals surface area contributed by atoms with Crippen molar-refractivity contribution in [3.8, 4) is 0 Å². The number of aromatic amines is 1. The molecule has 1 N–H and O–H groups in total. The van der Waals surface area contributed by atoms with Crippen molar-refractivity contribution in [3.63, 3.8) is 0 Å². The molecule has 3 rings (SSSR count). The Morgan fingerprint density at radius 1 is 1.43 bits per heavy atom. The predicted molar refractivity (Wildman–Crippen MR) is 83.8 cm³/mol. The minimum Gasteiger partial charge on any atom is -0.441 e. The Balaban J connectivity index is 1.47. The number of amides is 2. The second-order valence-corrected chi connectivity index (χ2v) is 6.60. The van der Waals surface area contributed by atoms with Gasteiger partial charge in [-0.25, -0.2) is 4.79 Å². The molecule has 0 radical (unpaired) electrons. The van der Waals surface area contributed by atoms with E-state index in [9.17, 15) is 9.59 Å². The number of carbonyl (C=O) groups is 2. The van der Waals surface area contributed by atoms with E-state index in [-0.39, 0.29) is 12.0 Å². The first kappa shape index (κ1) is 15.8. The molecule has 0 aromatic carbocycles. The molecule has 0 bridgehead atoms. The molecule has 1 aromatic heterocycles. The fourth-order valence-electron chi connectivity index (χ4n) is 3.49. The van der Waals surface area contributed by atoms with Gasteiger partial charge in [-0.1, -0.05) is 0 Å². The topological polar surface area (TPSA) is 78.5 Å². The van der Waals surface area contributed by atoms with E-state index in [0.29, 0.717) is 19.5 Å². The van der Waals surface area contributed by atoms with Crippen LogP contribution < -0.4 is 0 Å². The fraction of sp³-hybridized carbons (Fsp3) is 0.688. The molecule has 2 aliphatic heterocycles. The number of aryl methyl sites for hydroxylation is 1. The third-order valence-corrected chi connectivity index (χ3v) is 4.80. The molecule has 3 heterocycles. The molecule has 126 valence electrons. The summed E-state index contributed by atoms with van der Waals surface area (Å²) in [6.45, 7) is 2.06. The lowest BCUT2D eigenvalue weighted by Gasteiger charge is -2.25. The summed E-state index contributed by atoms with van der Waals surface area (Å²) in [4.78, 5) is 27.6. The zero-order valence-electron chi connectivity index (χ0n) is 13.6. The van der Waals surface area contributed by atoms with Crippen molar-refractivity contribution in [2.24, 2.45) is 0 Å². The number of ether oxygens (including phenoxy) is 1.